The van der Waals surface area contributed by atoms with E-state index in [9.17, 15) is 5.11 Å². The van der Waals surface area contributed by atoms with Crippen LogP contribution in [0, 0.1) is 6.92 Å². The molecular weight excluding hydrogens is 440 g/mol. The molecule has 0 aromatic heterocycles. The van der Waals surface area contributed by atoms with E-state index in [-0.39, 0.29) is 17.0 Å². The number of hydrogen-bond acceptors (Lipinski definition) is 5. The first-order valence-electron chi connectivity index (χ1n) is 9.40. The number of thioether (sulfide) groups is 1. The number of aliphatic hydroxyl groups is 1. The number of hydrogen-bond donors (Lipinski definition) is 1. The Bertz CT molecular complexity index is 936. The molecule has 3 heterocycles. The number of amidine groups is 1. The fourth-order valence-corrected chi connectivity index (χ4v) is 5.27. The summed E-state index contributed by atoms with van der Waals surface area (Å²) < 4.78 is 13.6. The first-order chi connectivity index (χ1) is 13.2. The van der Waals surface area contributed by atoms with Crippen LogP contribution in [0.5, 0.6) is 11.5 Å². The quantitative estimate of drug-likeness (QED) is 0.633. The highest BCUT2D eigenvalue weighted by molar-refractivity contribution is 8.13. The minimum atomic E-state index is -1.08. The summed E-state index contributed by atoms with van der Waals surface area (Å²) in [4.78, 5) is 2.26. The van der Waals surface area contributed by atoms with Crippen molar-refractivity contribution >= 4 is 22.6 Å². The predicted molar refractivity (Wildman–Crippen MR) is 107 cm³/mol. The molecule has 0 saturated heterocycles. The fourth-order valence-electron chi connectivity index (χ4n) is 4.09. The number of benzene rings is 2. The number of nitrogens with zero attached hydrogens (tertiary/aromatic N) is 2. The van der Waals surface area contributed by atoms with Gasteiger partial charge in [-0.2, -0.15) is 0 Å². The average molecular weight is 463 g/mol. The Morgan fingerprint density at radius 2 is 1.89 bits per heavy atom. The largest absolute Gasteiger partial charge is 1.00 e. The maximum Gasteiger partial charge on any atom is 0.316 e. The predicted octanol–water partition coefficient (Wildman–Crippen LogP) is -0.0591. The number of fused-ring (bicyclic) bond motifs is 1. The normalized spacial score (nSPS) is 23.3. The summed E-state index contributed by atoms with van der Waals surface area (Å²) in [5.74, 6) is 2.54. The van der Waals surface area contributed by atoms with E-state index in [4.69, 9.17) is 9.47 Å². The van der Waals surface area contributed by atoms with E-state index < -0.39 is 5.72 Å². The van der Waals surface area contributed by atoms with Crippen molar-refractivity contribution in [3.05, 3.63) is 53.6 Å². The van der Waals surface area contributed by atoms with E-state index in [1.54, 1.807) is 0 Å². The summed E-state index contributed by atoms with van der Waals surface area (Å²) in [6.45, 7) is 4.57. The Morgan fingerprint density at radius 1 is 1.11 bits per heavy atom. The number of rotatable bonds is 2. The molecule has 1 N–H and O–H groups in total. The van der Waals surface area contributed by atoms with Crippen LogP contribution >= 0.6 is 11.8 Å². The molecule has 1 atom stereocenters. The minimum absolute atomic E-state index is 0. The van der Waals surface area contributed by atoms with Crippen molar-refractivity contribution in [2.45, 2.75) is 19.1 Å². The molecule has 0 bridgehead atoms. The van der Waals surface area contributed by atoms with E-state index in [0.29, 0.717) is 25.5 Å². The summed E-state index contributed by atoms with van der Waals surface area (Å²) in [6, 6.07) is 14.2. The molecule has 0 radical (unpaired) electrons. The van der Waals surface area contributed by atoms with E-state index in [0.717, 1.165) is 40.9 Å². The molecular formula is C21H23BrN2O3S. The molecule has 2 aromatic rings. The summed E-state index contributed by atoms with van der Waals surface area (Å²) in [6.07, 6.45) is 1.06. The van der Waals surface area contributed by atoms with Crippen LogP contribution in [0.2, 0.25) is 0 Å². The maximum absolute atomic E-state index is 11.8. The van der Waals surface area contributed by atoms with Crippen molar-refractivity contribution in [2.24, 2.45) is 0 Å². The zero-order chi connectivity index (χ0) is 18.4. The molecule has 5 rings (SSSR count). The fraction of sp³-hybridized carbons (Fsp3) is 0.381. The first kappa shape index (κ1) is 19.6. The standard InChI is InChI=1S/C21H23N2O3S.BrH/c1-15-5-2-3-6-17(15)22-14-21(24,23-9-4-12-27-20(22)23)16-7-8-18-19(13-16)26-11-10-25-18;/h2-3,5-8,13,24H,4,9-12,14H2,1H3;1H/q+1;/p-1. The molecule has 28 heavy (non-hydrogen) atoms. The Labute approximate surface area is 179 Å². The monoisotopic (exact) mass is 462 g/mol. The second-order valence-corrected chi connectivity index (χ2v) is 8.25. The molecule has 1 unspecified atom stereocenters. The zero-order valence-electron chi connectivity index (χ0n) is 15.7. The van der Waals surface area contributed by atoms with Crippen LogP contribution in [0.1, 0.15) is 17.5 Å². The van der Waals surface area contributed by atoms with Crippen molar-refractivity contribution in [2.75, 3.05) is 37.0 Å². The molecule has 0 spiro atoms. The van der Waals surface area contributed by atoms with Crippen LogP contribution in [0.25, 0.3) is 0 Å². The van der Waals surface area contributed by atoms with Gasteiger partial charge in [-0.15, -0.1) is 0 Å². The highest BCUT2D eigenvalue weighted by Crippen LogP contribution is 2.41. The topological polar surface area (TPSA) is 44.9 Å². The molecule has 0 fully saturated rings. The van der Waals surface area contributed by atoms with Crippen molar-refractivity contribution in [3.8, 4) is 11.5 Å². The van der Waals surface area contributed by atoms with Gasteiger partial charge in [0, 0.05) is 11.3 Å². The molecule has 0 amide bonds. The van der Waals surface area contributed by atoms with Crippen LogP contribution in [0.4, 0.5) is 5.69 Å². The lowest BCUT2D eigenvalue weighted by Crippen LogP contribution is -3.00. The lowest BCUT2D eigenvalue weighted by Gasteiger charge is -2.26. The lowest BCUT2D eigenvalue weighted by atomic mass is 10.0. The second kappa shape index (κ2) is 7.61. The highest BCUT2D eigenvalue weighted by Gasteiger charge is 2.53. The third-order valence-electron chi connectivity index (χ3n) is 5.45. The molecule has 3 aliphatic heterocycles. The van der Waals surface area contributed by atoms with Crippen molar-refractivity contribution < 1.29 is 36.1 Å². The minimum Gasteiger partial charge on any atom is -1.00 e. The first-order valence-corrected chi connectivity index (χ1v) is 10.4. The molecule has 7 heteroatoms. The Hall–Kier alpha value is -1.70. The number of para-hydroxylation sites is 1. The zero-order valence-corrected chi connectivity index (χ0v) is 18.1. The summed E-state index contributed by atoms with van der Waals surface area (Å²) in [5.41, 5.74) is 2.13. The number of ether oxygens (including phenoxy) is 2. The van der Waals surface area contributed by atoms with Crippen LogP contribution in [0.15, 0.2) is 42.5 Å². The van der Waals surface area contributed by atoms with Crippen molar-refractivity contribution in [1.29, 1.82) is 0 Å². The highest BCUT2D eigenvalue weighted by atomic mass is 79.9. The third kappa shape index (κ3) is 3.09. The van der Waals surface area contributed by atoms with Gasteiger partial charge in [0.15, 0.2) is 18.0 Å². The summed E-state index contributed by atoms with van der Waals surface area (Å²) in [7, 11) is 0. The van der Waals surface area contributed by atoms with Gasteiger partial charge in [0.2, 0.25) is 0 Å². The van der Waals surface area contributed by atoms with E-state index in [2.05, 4.69) is 40.7 Å². The Kier molecular flexibility index (Phi) is 5.33. The SMILES string of the molecule is Cc1ccccc1N1CC(O)(c2ccc3c(c2)OCCO3)[N+]2=C1SCCC2.[Br-]. The van der Waals surface area contributed by atoms with Crippen LogP contribution in [-0.4, -0.2) is 46.9 Å². The molecule has 3 aliphatic rings. The summed E-state index contributed by atoms with van der Waals surface area (Å²) >= 11 is 1.82. The average Bonchev–Trinajstić information content (AvgIpc) is 3.02. The van der Waals surface area contributed by atoms with Gasteiger partial charge in [0.05, 0.1) is 6.54 Å². The van der Waals surface area contributed by atoms with Crippen LogP contribution in [0.3, 0.4) is 0 Å². The third-order valence-corrected chi connectivity index (χ3v) is 6.65. The molecule has 148 valence electrons. The van der Waals surface area contributed by atoms with Crippen LogP contribution < -0.4 is 31.4 Å². The molecule has 5 nitrogen and oxygen atoms in total. The van der Waals surface area contributed by atoms with Gasteiger partial charge in [-0.25, -0.2) is 9.48 Å². The Morgan fingerprint density at radius 3 is 2.71 bits per heavy atom. The van der Waals surface area contributed by atoms with Crippen LogP contribution in [-0.2, 0) is 5.72 Å². The van der Waals surface area contributed by atoms with Gasteiger partial charge in [-0.1, -0.05) is 18.2 Å². The van der Waals surface area contributed by atoms with Gasteiger partial charge >= 0.3 is 5.17 Å². The van der Waals surface area contributed by atoms with Gasteiger partial charge in [0.25, 0.3) is 5.72 Å². The second-order valence-electron chi connectivity index (χ2n) is 7.18. The number of halogens is 1. The number of anilines is 1. The summed E-state index contributed by atoms with van der Waals surface area (Å²) in [5, 5.41) is 13.0. The molecule has 0 saturated carbocycles. The maximum atomic E-state index is 11.8. The van der Waals surface area contributed by atoms with E-state index in [1.807, 2.05) is 30.0 Å². The van der Waals surface area contributed by atoms with E-state index in [1.165, 1.54) is 5.56 Å². The number of β-amino-alcohol motifs (C(OH)–C–C–N with tert-alkyl or cyclic N) is 1. The van der Waals surface area contributed by atoms with Gasteiger partial charge in [0.1, 0.15) is 18.9 Å². The molecule has 0 aliphatic carbocycles. The van der Waals surface area contributed by atoms with Crippen molar-refractivity contribution in [3.63, 3.8) is 0 Å². The lowest BCUT2D eigenvalue weighted by molar-refractivity contribution is -0.656. The Balaban J connectivity index is 0.00000192. The van der Waals surface area contributed by atoms with E-state index >= 15 is 0 Å². The van der Waals surface area contributed by atoms with Gasteiger partial charge in [-0.05, 0) is 54.9 Å². The smallest absolute Gasteiger partial charge is 0.316 e. The van der Waals surface area contributed by atoms with Gasteiger partial charge < -0.3 is 31.6 Å². The van der Waals surface area contributed by atoms with Gasteiger partial charge in [-0.3, -0.25) is 0 Å². The molecule has 2 aromatic carbocycles. The van der Waals surface area contributed by atoms with Crippen molar-refractivity contribution in [1.82, 2.24) is 0 Å². The number of aryl methyl sites for hydroxylation is 1.